The summed E-state index contributed by atoms with van der Waals surface area (Å²) in [5, 5.41) is 3.92. The van der Waals surface area contributed by atoms with Crippen LogP contribution in [0.15, 0.2) is 35.5 Å². The van der Waals surface area contributed by atoms with Crippen LogP contribution in [0.1, 0.15) is 5.56 Å². The molecule has 20 heavy (non-hydrogen) atoms. The summed E-state index contributed by atoms with van der Waals surface area (Å²) in [6.07, 6.45) is 3.15. The molecule has 8 heteroatoms. The lowest BCUT2D eigenvalue weighted by atomic mass is 10.3. The predicted molar refractivity (Wildman–Crippen MR) is 68.2 cm³/mol. The molecule has 2 aromatic rings. The lowest BCUT2D eigenvalue weighted by molar-refractivity contribution is 0.458. The number of aromatic nitrogens is 2. The number of benzene rings is 1. The van der Waals surface area contributed by atoms with Crippen molar-refractivity contribution in [3.8, 4) is 0 Å². The highest BCUT2D eigenvalue weighted by Gasteiger charge is 2.25. The molecule has 0 N–H and O–H groups in total. The Bertz CT molecular complexity index is 728. The molecule has 0 aliphatic heterocycles. The van der Waals surface area contributed by atoms with Gasteiger partial charge in [0.25, 0.3) is 0 Å². The number of hydrogen-bond acceptors (Lipinski definition) is 3. The highest BCUT2D eigenvalue weighted by atomic mass is 32.2. The molecule has 0 spiro atoms. The third-order valence-electron chi connectivity index (χ3n) is 2.75. The van der Waals surface area contributed by atoms with E-state index in [4.69, 9.17) is 0 Å². The van der Waals surface area contributed by atoms with Gasteiger partial charge in [-0.3, -0.25) is 4.68 Å². The molecule has 0 fully saturated rings. The maximum Gasteiger partial charge on any atom is 0.246 e. The van der Waals surface area contributed by atoms with E-state index in [0.717, 1.165) is 16.4 Å². The van der Waals surface area contributed by atoms with Gasteiger partial charge in [-0.15, -0.1) is 0 Å². The largest absolute Gasteiger partial charge is 0.275 e. The minimum absolute atomic E-state index is 0.0200. The van der Waals surface area contributed by atoms with Crippen molar-refractivity contribution in [3.63, 3.8) is 0 Å². The lowest BCUT2D eigenvalue weighted by Crippen LogP contribution is -2.27. The van der Waals surface area contributed by atoms with Gasteiger partial charge in [0.1, 0.15) is 16.5 Å². The Kier molecular flexibility index (Phi) is 3.87. The molecular weight excluding hydrogens is 288 g/mol. The van der Waals surface area contributed by atoms with Gasteiger partial charge in [0.05, 0.1) is 6.20 Å². The van der Waals surface area contributed by atoms with Crippen LogP contribution in [0.25, 0.3) is 0 Å². The zero-order chi connectivity index (χ0) is 14.9. The van der Waals surface area contributed by atoms with E-state index >= 15 is 0 Å². The molecule has 0 bridgehead atoms. The van der Waals surface area contributed by atoms with E-state index < -0.39 is 26.6 Å². The van der Waals surface area contributed by atoms with Crippen LogP contribution in [-0.2, 0) is 23.6 Å². The second-order valence-corrected chi connectivity index (χ2v) is 6.37. The van der Waals surface area contributed by atoms with Crippen LogP contribution in [0.3, 0.4) is 0 Å². The highest BCUT2D eigenvalue weighted by molar-refractivity contribution is 7.89. The molecule has 0 saturated carbocycles. The minimum atomic E-state index is -4.10. The van der Waals surface area contributed by atoms with Gasteiger partial charge in [-0.05, 0) is 18.2 Å². The van der Waals surface area contributed by atoms with E-state index in [-0.39, 0.29) is 6.54 Å². The number of rotatable bonds is 4. The van der Waals surface area contributed by atoms with E-state index in [1.807, 2.05) is 0 Å². The second kappa shape index (κ2) is 5.29. The van der Waals surface area contributed by atoms with Gasteiger partial charge in [0.2, 0.25) is 10.0 Å². The molecule has 108 valence electrons. The standard InChI is InChI=1S/C12H13F2N3O2S/c1-16-7-9(6-15-16)8-17(2)20(18,19)12-5-10(13)3-4-11(12)14/h3-7H,8H2,1-2H3. The van der Waals surface area contributed by atoms with Gasteiger partial charge >= 0.3 is 0 Å². The molecule has 1 heterocycles. The highest BCUT2D eigenvalue weighted by Crippen LogP contribution is 2.20. The van der Waals surface area contributed by atoms with Crippen molar-refractivity contribution >= 4 is 10.0 Å². The van der Waals surface area contributed by atoms with Crippen molar-refractivity contribution in [2.75, 3.05) is 7.05 Å². The molecule has 0 amide bonds. The first-order chi connectivity index (χ1) is 9.30. The number of sulfonamides is 1. The average molecular weight is 301 g/mol. The third kappa shape index (κ3) is 2.86. The molecule has 0 aliphatic carbocycles. The van der Waals surface area contributed by atoms with Crippen LogP contribution in [-0.4, -0.2) is 29.6 Å². The fourth-order valence-corrected chi connectivity index (χ4v) is 2.97. The zero-order valence-corrected chi connectivity index (χ0v) is 11.7. The second-order valence-electron chi connectivity index (χ2n) is 4.36. The molecule has 2 rings (SSSR count). The van der Waals surface area contributed by atoms with Crippen LogP contribution >= 0.6 is 0 Å². The summed E-state index contributed by atoms with van der Waals surface area (Å²) in [5.74, 6) is -1.79. The van der Waals surface area contributed by atoms with E-state index in [1.54, 1.807) is 13.2 Å². The smallest absolute Gasteiger partial charge is 0.246 e. The quantitative estimate of drug-likeness (QED) is 0.860. The van der Waals surface area contributed by atoms with Crippen LogP contribution in [0.2, 0.25) is 0 Å². The summed E-state index contributed by atoms with van der Waals surface area (Å²) in [4.78, 5) is -0.677. The monoisotopic (exact) mass is 301 g/mol. The molecular formula is C12H13F2N3O2S. The first kappa shape index (κ1) is 14.6. The number of halogens is 2. The van der Waals surface area contributed by atoms with Crippen molar-refractivity contribution in [1.82, 2.24) is 14.1 Å². The van der Waals surface area contributed by atoms with Gasteiger partial charge in [-0.1, -0.05) is 0 Å². The summed E-state index contributed by atoms with van der Waals surface area (Å²) in [7, 11) is -1.10. The van der Waals surface area contributed by atoms with Crippen molar-refractivity contribution in [2.45, 2.75) is 11.4 Å². The van der Waals surface area contributed by atoms with Gasteiger partial charge in [-0.25, -0.2) is 17.2 Å². The third-order valence-corrected chi connectivity index (χ3v) is 4.56. The Morgan fingerprint density at radius 3 is 2.65 bits per heavy atom. The Balaban J connectivity index is 2.32. The number of aryl methyl sites for hydroxylation is 1. The van der Waals surface area contributed by atoms with E-state index in [2.05, 4.69) is 5.10 Å². The predicted octanol–water partition coefficient (Wildman–Crippen LogP) is 1.52. The van der Waals surface area contributed by atoms with Crippen LogP contribution in [0.5, 0.6) is 0 Å². The lowest BCUT2D eigenvalue weighted by Gasteiger charge is -2.16. The SMILES string of the molecule is CN(Cc1cnn(C)c1)S(=O)(=O)c1cc(F)ccc1F. The summed E-state index contributed by atoms with van der Waals surface area (Å²) < 4.78 is 53.6. The molecule has 1 aromatic heterocycles. The maximum absolute atomic E-state index is 13.6. The molecule has 0 unspecified atom stereocenters. The van der Waals surface area contributed by atoms with Crippen LogP contribution in [0.4, 0.5) is 8.78 Å². The molecule has 0 atom stereocenters. The topological polar surface area (TPSA) is 55.2 Å². The fourth-order valence-electron chi connectivity index (χ4n) is 1.74. The average Bonchev–Trinajstić information content (AvgIpc) is 2.77. The molecule has 5 nitrogen and oxygen atoms in total. The zero-order valence-electron chi connectivity index (χ0n) is 10.9. The van der Waals surface area contributed by atoms with Gasteiger partial charge < -0.3 is 0 Å². The minimum Gasteiger partial charge on any atom is -0.275 e. The van der Waals surface area contributed by atoms with E-state index in [1.165, 1.54) is 17.9 Å². The Hall–Kier alpha value is -1.80. The van der Waals surface area contributed by atoms with E-state index in [0.29, 0.717) is 11.6 Å². The van der Waals surface area contributed by atoms with Crippen molar-refractivity contribution < 1.29 is 17.2 Å². The van der Waals surface area contributed by atoms with E-state index in [9.17, 15) is 17.2 Å². The summed E-state index contributed by atoms with van der Waals surface area (Å²) in [6, 6.07) is 2.33. The van der Waals surface area contributed by atoms with Gasteiger partial charge in [0, 0.05) is 32.4 Å². The summed E-state index contributed by atoms with van der Waals surface area (Å²) >= 11 is 0. The van der Waals surface area contributed by atoms with Crippen LogP contribution in [0, 0.1) is 11.6 Å². The Labute approximate surface area is 115 Å². The fraction of sp³-hybridized carbons (Fsp3) is 0.250. The Morgan fingerprint density at radius 2 is 2.05 bits per heavy atom. The Morgan fingerprint density at radius 1 is 1.35 bits per heavy atom. The first-order valence-electron chi connectivity index (χ1n) is 5.69. The maximum atomic E-state index is 13.6. The molecule has 0 radical (unpaired) electrons. The molecule has 0 saturated heterocycles. The number of hydrogen-bond donors (Lipinski definition) is 0. The first-order valence-corrected chi connectivity index (χ1v) is 7.13. The van der Waals surface area contributed by atoms with Gasteiger partial charge in [-0.2, -0.15) is 9.40 Å². The molecule has 0 aliphatic rings. The normalized spacial score (nSPS) is 12.1. The van der Waals surface area contributed by atoms with Crippen molar-refractivity contribution in [3.05, 3.63) is 47.8 Å². The van der Waals surface area contributed by atoms with Gasteiger partial charge in [0.15, 0.2) is 0 Å². The summed E-state index contributed by atoms with van der Waals surface area (Å²) in [5.41, 5.74) is 0.649. The summed E-state index contributed by atoms with van der Waals surface area (Å²) in [6.45, 7) is 0.0200. The number of nitrogens with zero attached hydrogens (tertiary/aromatic N) is 3. The van der Waals surface area contributed by atoms with Crippen molar-refractivity contribution in [2.24, 2.45) is 7.05 Å². The van der Waals surface area contributed by atoms with Crippen LogP contribution < -0.4 is 0 Å². The van der Waals surface area contributed by atoms with Crippen molar-refractivity contribution in [1.29, 1.82) is 0 Å². The molecule has 1 aromatic carbocycles.